The second kappa shape index (κ2) is 3.81. The lowest BCUT2D eigenvalue weighted by Crippen LogP contribution is -2.06. The van der Waals surface area contributed by atoms with Crippen molar-refractivity contribution in [2.75, 3.05) is 0 Å². The number of nitro benzene ring substituents is 1. The van der Waals surface area contributed by atoms with Crippen molar-refractivity contribution in [1.29, 1.82) is 0 Å². The van der Waals surface area contributed by atoms with Gasteiger partial charge in [-0.15, -0.1) is 0 Å². The summed E-state index contributed by atoms with van der Waals surface area (Å²) in [7, 11) is 0. The van der Waals surface area contributed by atoms with Crippen LogP contribution in [0.5, 0.6) is 5.75 Å². The van der Waals surface area contributed by atoms with Gasteiger partial charge >= 0.3 is 0 Å². The molecule has 3 rings (SSSR count). The highest BCUT2D eigenvalue weighted by atomic mass is 16.6. The highest BCUT2D eigenvalue weighted by Gasteiger charge is 2.13. The molecule has 1 aromatic rings. The van der Waals surface area contributed by atoms with Crippen LogP contribution < -0.4 is 5.43 Å². The lowest BCUT2D eigenvalue weighted by atomic mass is 10.0. The fraction of sp³-hybridized carbons (Fsp3) is 0. The lowest BCUT2D eigenvalue weighted by Gasteiger charge is -2.08. The third-order valence-corrected chi connectivity index (χ3v) is 2.99. The second-order valence-corrected chi connectivity index (χ2v) is 4.17. The molecule has 1 heterocycles. The third kappa shape index (κ3) is 1.70. The summed E-state index contributed by atoms with van der Waals surface area (Å²) in [6, 6.07) is 8.81. The fourth-order valence-corrected chi connectivity index (χ4v) is 2.04. The van der Waals surface area contributed by atoms with Gasteiger partial charge in [0.15, 0.2) is 5.75 Å². The molecule has 0 bridgehead atoms. The Labute approximate surface area is 106 Å². The van der Waals surface area contributed by atoms with E-state index in [1.807, 2.05) is 0 Å². The van der Waals surface area contributed by atoms with Crippen LogP contribution in [0.25, 0.3) is 22.2 Å². The third-order valence-electron chi connectivity index (χ3n) is 2.99. The Bertz CT molecular complexity index is 838. The molecule has 0 unspecified atom stereocenters. The molecule has 0 saturated carbocycles. The molecule has 1 aliphatic heterocycles. The van der Waals surface area contributed by atoms with Gasteiger partial charge in [-0.3, -0.25) is 14.9 Å². The van der Waals surface area contributed by atoms with Crippen molar-refractivity contribution < 1.29 is 10.0 Å². The summed E-state index contributed by atoms with van der Waals surface area (Å²) in [5, 5.41) is 20.7. The van der Waals surface area contributed by atoms with E-state index in [0.29, 0.717) is 22.2 Å². The first-order valence-electron chi connectivity index (χ1n) is 5.49. The van der Waals surface area contributed by atoms with Gasteiger partial charge in [0.2, 0.25) is 5.43 Å². The van der Waals surface area contributed by atoms with Gasteiger partial charge in [0.05, 0.1) is 10.6 Å². The monoisotopic (exact) mass is 256 g/mol. The number of nitro groups is 1. The summed E-state index contributed by atoms with van der Waals surface area (Å²) in [6.45, 7) is 0. The van der Waals surface area contributed by atoms with E-state index in [1.54, 1.807) is 12.1 Å². The maximum atomic E-state index is 11.8. The number of non-ortho nitro benzene ring substituents is 1. The van der Waals surface area contributed by atoms with Gasteiger partial charge < -0.3 is 10.1 Å². The molecule has 2 aliphatic rings. The van der Waals surface area contributed by atoms with Crippen molar-refractivity contribution in [3.05, 3.63) is 56.7 Å². The van der Waals surface area contributed by atoms with E-state index in [9.17, 15) is 20.0 Å². The predicted octanol–water partition coefficient (Wildman–Crippen LogP) is 2.25. The number of phenols is 1. The number of nitrogens with zero attached hydrogens (tertiary/aromatic N) is 1. The average Bonchev–Trinajstić information content (AvgIpc) is 2.41. The first-order chi connectivity index (χ1) is 9.06. The van der Waals surface area contributed by atoms with Gasteiger partial charge in [-0.25, -0.2) is 0 Å². The molecule has 0 aromatic heterocycles. The SMILES string of the molecule is O=c1c(O)ccc2[nH]c3ccc([N+](=O)[O-])cc3cc1-2. The number of H-pyrrole nitrogens is 1. The molecule has 0 saturated heterocycles. The first-order valence-corrected chi connectivity index (χ1v) is 5.49. The molecule has 0 radical (unpaired) electrons. The number of phenolic OH excluding ortho intramolecular Hbond substituents is 1. The predicted molar refractivity (Wildman–Crippen MR) is 69.5 cm³/mol. The van der Waals surface area contributed by atoms with Crippen LogP contribution in [0.3, 0.4) is 0 Å². The van der Waals surface area contributed by atoms with Crippen LogP contribution in [0.15, 0.2) is 41.2 Å². The van der Waals surface area contributed by atoms with Crippen LogP contribution in [0.2, 0.25) is 0 Å². The van der Waals surface area contributed by atoms with Crippen molar-refractivity contribution in [3.8, 4) is 17.0 Å². The quantitative estimate of drug-likeness (QED) is 0.396. The van der Waals surface area contributed by atoms with Crippen LogP contribution in [0.4, 0.5) is 5.69 Å². The minimum Gasteiger partial charge on any atom is -0.504 e. The zero-order valence-corrected chi connectivity index (χ0v) is 9.58. The van der Waals surface area contributed by atoms with E-state index in [2.05, 4.69) is 4.98 Å². The number of hydrogen-bond donors (Lipinski definition) is 2. The van der Waals surface area contributed by atoms with Crippen molar-refractivity contribution in [1.82, 2.24) is 4.98 Å². The van der Waals surface area contributed by atoms with Crippen molar-refractivity contribution >= 4 is 16.6 Å². The molecular weight excluding hydrogens is 248 g/mol. The lowest BCUT2D eigenvalue weighted by molar-refractivity contribution is -0.384. The Morgan fingerprint density at radius 3 is 2.68 bits per heavy atom. The number of pyridine rings is 1. The maximum Gasteiger partial charge on any atom is 0.270 e. The van der Waals surface area contributed by atoms with E-state index in [0.717, 1.165) is 0 Å². The average molecular weight is 256 g/mol. The molecule has 2 N–H and O–H groups in total. The standard InChI is InChI=1S/C13H8N2O4/c16-12-4-3-11-9(13(12)17)6-7-5-8(15(18)19)1-2-10(7)14-11/h1-6,14,16H. The molecule has 0 amide bonds. The molecule has 0 atom stereocenters. The number of benzene rings is 2. The number of hydrogen-bond acceptors (Lipinski definition) is 4. The minimum absolute atomic E-state index is 0.0483. The fourth-order valence-electron chi connectivity index (χ4n) is 2.04. The van der Waals surface area contributed by atoms with Crippen LogP contribution in [-0.2, 0) is 0 Å². The van der Waals surface area contributed by atoms with E-state index in [1.165, 1.54) is 24.3 Å². The topological polar surface area (TPSA) is 96.2 Å². The summed E-state index contributed by atoms with van der Waals surface area (Å²) < 4.78 is 0. The van der Waals surface area contributed by atoms with E-state index in [-0.39, 0.29) is 11.4 Å². The molecule has 6 nitrogen and oxygen atoms in total. The first kappa shape index (κ1) is 11.2. The van der Waals surface area contributed by atoms with Gasteiger partial charge in [-0.2, -0.15) is 0 Å². The maximum absolute atomic E-state index is 11.8. The summed E-state index contributed by atoms with van der Waals surface area (Å²) in [5.41, 5.74) is 1.01. The van der Waals surface area contributed by atoms with E-state index < -0.39 is 10.4 Å². The largest absolute Gasteiger partial charge is 0.504 e. The number of fused-ring (bicyclic) bond motifs is 2. The molecule has 6 heteroatoms. The number of nitrogens with one attached hydrogen (secondary N) is 1. The molecule has 0 fully saturated rings. The summed E-state index contributed by atoms with van der Waals surface area (Å²) in [6.07, 6.45) is 0. The summed E-state index contributed by atoms with van der Waals surface area (Å²) in [5.74, 6) is -0.342. The highest BCUT2D eigenvalue weighted by molar-refractivity contribution is 5.87. The van der Waals surface area contributed by atoms with Gasteiger partial charge in [-0.1, -0.05) is 0 Å². The highest BCUT2D eigenvalue weighted by Crippen LogP contribution is 2.26. The number of aromatic amines is 1. The summed E-state index contributed by atoms with van der Waals surface area (Å²) in [4.78, 5) is 25.0. The molecule has 94 valence electrons. The van der Waals surface area contributed by atoms with Crippen molar-refractivity contribution in [2.24, 2.45) is 0 Å². The van der Waals surface area contributed by atoms with Crippen molar-refractivity contribution in [2.45, 2.75) is 0 Å². The normalized spacial score (nSPS) is 10.9. The Balaban J connectivity index is 2.41. The number of aromatic hydroxyl groups is 1. The summed E-state index contributed by atoms with van der Waals surface area (Å²) >= 11 is 0. The Hall–Kier alpha value is -2.89. The van der Waals surface area contributed by atoms with Crippen LogP contribution in [0.1, 0.15) is 0 Å². The molecule has 19 heavy (non-hydrogen) atoms. The molecule has 1 aromatic carbocycles. The Morgan fingerprint density at radius 2 is 1.95 bits per heavy atom. The Morgan fingerprint density at radius 1 is 1.16 bits per heavy atom. The van der Waals surface area contributed by atoms with Crippen LogP contribution >= 0.6 is 0 Å². The van der Waals surface area contributed by atoms with E-state index >= 15 is 0 Å². The van der Waals surface area contributed by atoms with Crippen LogP contribution in [0, 0.1) is 10.1 Å². The molecule has 1 aliphatic carbocycles. The van der Waals surface area contributed by atoms with Crippen LogP contribution in [-0.4, -0.2) is 15.0 Å². The second-order valence-electron chi connectivity index (χ2n) is 4.17. The van der Waals surface area contributed by atoms with Crippen molar-refractivity contribution in [3.63, 3.8) is 0 Å². The zero-order valence-electron chi connectivity index (χ0n) is 9.58. The van der Waals surface area contributed by atoms with Gasteiger partial charge in [0, 0.05) is 28.6 Å². The van der Waals surface area contributed by atoms with Gasteiger partial charge in [0.25, 0.3) is 5.69 Å². The molecule has 0 spiro atoms. The van der Waals surface area contributed by atoms with Gasteiger partial charge in [0.1, 0.15) is 0 Å². The van der Waals surface area contributed by atoms with Gasteiger partial charge in [-0.05, 0) is 24.3 Å². The zero-order chi connectivity index (χ0) is 13.6. The smallest absolute Gasteiger partial charge is 0.270 e. The minimum atomic E-state index is -0.498. The Kier molecular flexibility index (Phi) is 2.25. The molecular formula is C13H8N2O4. The van der Waals surface area contributed by atoms with E-state index in [4.69, 9.17) is 0 Å². The number of rotatable bonds is 1. The number of aromatic nitrogens is 1.